The lowest BCUT2D eigenvalue weighted by Crippen LogP contribution is -2.42. The number of aliphatic hydroxyl groups excluding tert-OH is 1. The van der Waals surface area contributed by atoms with E-state index in [0.717, 1.165) is 15.3 Å². The van der Waals surface area contributed by atoms with Crippen LogP contribution in [0.5, 0.6) is 0 Å². The van der Waals surface area contributed by atoms with Crippen LogP contribution in [0.25, 0.3) is 0 Å². The molecule has 0 radical (unpaired) electrons. The van der Waals surface area contributed by atoms with Crippen LogP contribution in [0.15, 0.2) is 41.8 Å². The largest absolute Gasteiger partial charge is 0.389 e. The van der Waals surface area contributed by atoms with Crippen LogP contribution in [-0.2, 0) is 21.7 Å². The Labute approximate surface area is 156 Å². The third-order valence-electron chi connectivity index (χ3n) is 4.43. The van der Waals surface area contributed by atoms with Gasteiger partial charge in [-0.2, -0.15) is 0 Å². The van der Waals surface area contributed by atoms with Crippen molar-refractivity contribution in [2.75, 3.05) is 13.2 Å². The smallest absolute Gasteiger partial charge is 0.325 e. The van der Waals surface area contributed by atoms with Gasteiger partial charge in [0, 0.05) is 4.88 Å². The van der Waals surface area contributed by atoms with E-state index in [1.54, 1.807) is 18.3 Å². The number of thiophene rings is 1. The second kappa shape index (κ2) is 7.57. The molecule has 1 aliphatic rings. The number of imide groups is 1. The molecule has 3 rings (SSSR count). The molecule has 1 aromatic carbocycles. The minimum Gasteiger partial charge on any atom is -0.389 e. The number of benzene rings is 1. The van der Waals surface area contributed by atoms with Gasteiger partial charge in [-0.1, -0.05) is 35.9 Å². The SMILES string of the molecule is Cc1ccc([C@@]2(C)NC(=O)N(C[C@H](O)COCc3cccs3)C2=O)cc1. The fraction of sp³-hybridized carbons (Fsp3) is 0.368. The van der Waals surface area contributed by atoms with E-state index in [4.69, 9.17) is 4.74 Å². The van der Waals surface area contributed by atoms with E-state index >= 15 is 0 Å². The van der Waals surface area contributed by atoms with Gasteiger partial charge in [0.15, 0.2) is 0 Å². The summed E-state index contributed by atoms with van der Waals surface area (Å²) in [7, 11) is 0. The van der Waals surface area contributed by atoms with Crippen LogP contribution in [0, 0.1) is 6.92 Å². The van der Waals surface area contributed by atoms with Crippen LogP contribution < -0.4 is 5.32 Å². The van der Waals surface area contributed by atoms with E-state index in [0.29, 0.717) is 12.2 Å². The normalized spacial score (nSPS) is 21.1. The second-order valence-electron chi connectivity index (χ2n) is 6.59. The average molecular weight is 374 g/mol. The van der Waals surface area contributed by atoms with E-state index in [-0.39, 0.29) is 19.1 Å². The third-order valence-corrected chi connectivity index (χ3v) is 5.28. The van der Waals surface area contributed by atoms with E-state index in [1.165, 1.54) is 0 Å². The van der Waals surface area contributed by atoms with Crippen LogP contribution in [0.1, 0.15) is 22.9 Å². The summed E-state index contributed by atoms with van der Waals surface area (Å²) in [5, 5.41) is 14.8. The van der Waals surface area contributed by atoms with Crippen LogP contribution in [-0.4, -0.2) is 41.2 Å². The molecule has 1 aliphatic heterocycles. The van der Waals surface area contributed by atoms with Crippen molar-refractivity contribution >= 4 is 23.3 Å². The number of aryl methyl sites for hydroxylation is 1. The summed E-state index contributed by atoms with van der Waals surface area (Å²) in [6, 6.07) is 10.8. The molecule has 3 amide bonds. The average Bonchev–Trinajstić information content (AvgIpc) is 3.19. The number of hydrogen-bond acceptors (Lipinski definition) is 5. The number of amides is 3. The highest BCUT2D eigenvalue weighted by Gasteiger charge is 2.49. The number of carbonyl (C=O) groups excluding carboxylic acids is 2. The van der Waals surface area contributed by atoms with Crippen LogP contribution in [0.2, 0.25) is 0 Å². The molecule has 1 saturated heterocycles. The fourth-order valence-corrected chi connectivity index (χ4v) is 3.54. The van der Waals surface area contributed by atoms with Crippen LogP contribution in [0.3, 0.4) is 0 Å². The number of carbonyl (C=O) groups is 2. The minimum absolute atomic E-state index is 0.0518. The van der Waals surface area contributed by atoms with Gasteiger partial charge in [-0.25, -0.2) is 4.79 Å². The number of ether oxygens (including phenoxy) is 1. The molecule has 0 bridgehead atoms. The summed E-state index contributed by atoms with van der Waals surface area (Å²) in [5.74, 6) is -0.372. The molecule has 6 nitrogen and oxygen atoms in total. The van der Waals surface area contributed by atoms with Gasteiger partial charge >= 0.3 is 6.03 Å². The van der Waals surface area contributed by atoms with Crippen LogP contribution in [0.4, 0.5) is 4.79 Å². The predicted molar refractivity (Wildman–Crippen MR) is 98.8 cm³/mol. The molecule has 1 fully saturated rings. The van der Waals surface area contributed by atoms with Crippen molar-refractivity contribution in [3.63, 3.8) is 0 Å². The number of rotatable bonds is 7. The Hall–Kier alpha value is -2.22. The molecule has 0 saturated carbocycles. The molecule has 2 atom stereocenters. The maximum atomic E-state index is 12.8. The quantitative estimate of drug-likeness (QED) is 0.730. The Morgan fingerprint density at radius 2 is 2.00 bits per heavy atom. The zero-order valence-corrected chi connectivity index (χ0v) is 15.6. The van der Waals surface area contributed by atoms with E-state index < -0.39 is 17.7 Å². The first-order chi connectivity index (χ1) is 12.4. The molecule has 2 heterocycles. The molecule has 1 aromatic heterocycles. The van der Waals surface area contributed by atoms with Gasteiger partial charge in [0.05, 0.1) is 25.9 Å². The molecule has 0 aliphatic carbocycles. The lowest BCUT2D eigenvalue weighted by molar-refractivity contribution is -0.132. The molecule has 2 aromatic rings. The highest BCUT2D eigenvalue weighted by atomic mass is 32.1. The number of nitrogens with one attached hydrogen (secondary N) is 1. The Bertz CT molecular complexity index is 775. The summed E-state index contributed by atoms with van der Waals surface area (Å²) in [5.41, 5.74) is 0.666. The first-order valence-corrected chi connectivity index (χ1v) is 9.27. The topological polar surface area (TPSA) is 78.9 Å². The van der Waals surface area contributed by atoms with Gasteiger partial charge < -0.3 is 15.2 Å². The maximum absolute atomic E-state index is 12.8. The molecule has 7 heteroatoms. The van der Waals surface area contributed by atoms with Crippen molar-refractivity contribution in [2.45, 2.75) is 32.1 Å². The predicted octanol–water partition coefficient (Wildman–Crippen LogP) is 2.40. The van der Waals surface area contributed by atoms with Gasteiger partial charge in [-0.15, -0.1) is 11.3 Å². The van der Waals surface area contributed by atoms with Crippen molar-refractivity contribution in [1.29, 1.82) is 0 Å². The van der Waals surface area contributed by atoms with Gasteiger partial charge in [0.2, 0.25) is 0 Å². The van der Waals surface area contributed by atoms with Gasteiger partial charge in [-0.05, 0) is 30.9 Å². The van der Waals surface area contributed by atoms with Crippen molar-refractivity contribution < 1.29 is 19.4 Å². The first-order valence-electron chi connectivity index (χ1n) is 8.39. The maximum Gasteiger partial charge on any atom is 0.325 e. The lowest BCUT2D eigenvalue weighted by atomic mass is 9.91. The Kier molecular flexibility index (Phi) is 5.41. The number of nitrogens with zero attached hydrogens (tertiary/aromatic N) is 1. The third kappa shape index (κ3) is 3.80. The summed E-state index contributed by atoms with van der Waals surface area (Å²) >= 11 is 1.57. The molecule has 138 valence electrons. The van der Waals surface area contributed by atoms with Crippen LogP contribution >= 0.6 is 11.3 Å². The molecule has 0 spiro atoms. The summed E-state index contributed by atoms with van der Waals surface area (Å²) < 4.78 is 5.46. The first kappa shape index (κ1) is 18.6. The van der Waals surface area contributed by atoms with E-state index in [2.05, 4.69) is 5.32 Å². The zero-order valence-electron chi connectivity index (χ0n) is 14.8. The molecule has 0 unspecified atom stereocenters. The number of aliphatic hydroxyl groups is 1. The second-order valence-corrected chi connectivity index (χ2v) is 7.62. The summed E-state index contributed by atoms with van der Waals surface area (Å²) in [6.45, 7) is 3.99. The van der Waals surface area contributed by atoms with Gasteiger partial charge in [0.1, 0.15) is 5.54 Å². The number of β-amino-alcohol motifs (C(OH)–C–C–N with tert-alkyl or cyclic N) is 1. The number of urea groups is 1. The molecule has 26 heavy (non-hydrogen) atoms. The van der Waals surface area contributed by atoms with Gasteiger partial charge in [-0.3, -0.25) is 9.69 Å². The number of hydrogen-bond donors (Lipinski definition) is 2. The van der Waals surface area contributed by atoms with Gasteiger partial charge in [0.25, 0.3) is 5.91 Å². The Morgan fingerprint density at radius 3 is 2.65 bits per heavy atom. The summed E-state index contributed by atoms with van der Waals surface area (Å²) in [4.78, 5) is 27.2. The van der Waals surface area contributed by atoms with Crippen molar-refractivity contribution in [1.82, 2.24) is 10.2 Å². The molecular formula is C19H22N2O4S. The highest BCUT2D eigenvalue weighted by molar-refractivity contribution is 7.09. The Balaban J connectivity index is 1.60. The minimum atomic E-state index is -1.12. The standard InChI is InChI=1S/C19H22N2O4S/c1-13-5-7-14(8-6-13)19(2)17(23)21(18(24)20-19)10-15(22)11-25-12-16-4-3-9-26-16/h3-9,15,22H,10-12H2,1-2H3,(H,20,24)/t15-,19+/m0/s1. The van der Waals surface area contributed by atoms with E-state index in [9.17, 15) is 14.7 Å². The zero-order chi connectivity index (χ0) is 18.7. The van der Waals surface area contributed by atoms with Crippen molar-refractivity contribution in [2.24, 2.45) is 0 Å². The van der Waals surface area contributed by atoms with Crippen molar-refractivity contribution in [3.8, 4) is 0 Å². The Morgan fingerprint density at radius 1 is 1.27 bits per heavy atom. The van der Waals surface area contributed by atoms with E-state index in [1.807, 2.05) is 48.7 Å². The fourth-order valence-electron chi connectivity index (χ4n) is 2.90. The lowest BCUT2D eigenvalue weighted by Gasteiger charge is -2.23. The summed E-state index contributed by atoms with van der Waals surface area (Å²) in [6.07, 6.45) is -0.940. The monoisotopic (exact) mass is 374 g/mol. The molecule has 2 N–H and O–H groups in total. The van der Waals surface area contributed by atoms with Crippen molar-refractivity contribution in [3.05, 3.63) is 57.8 Å². The highest BCUT2D eigenvalue weighted by Crippen LogP contribution is 2.29. The molecular weight excluding hydrogens is 352 g/mol.